The van der Waals surface area contributed by atoms with E-state index in [9.17, 15) is 19.7 Å². The number of nitro groups is 1. The molecule has 0 saturated heterocycles. The minimum atomic E-state index is -0.579. The highest BCUT2D eigenvalue weighted by atomic mass is 35.5. The normalized spacial score (nSPS) is 10.5. The number of ether oxygens (including phenoxy) is 2. The molecule has 3 aromatic rings. The quantitative estimate of drug-likeness (QED) is 0.150. The number of carbonyl (C=O) groups is 2. The molecule has 0 radical (unpaired) electrons. The number of nitro benzene ring substituents is 1. The van der Waals surface area contributed by atoms with Crippen molar-refractivity contribution in [1.82, 2.24) is 20.1 Å². The van der Waals surface area contributed by atoms with Crippen LogP contribution in [0.3, 0.4) is 0 Å². The van der Waals surface area contributed by atoms with Crippen molar-refractivity contribution in [2.45, 2.75) is 18.2 Å². The number of carbonyl (C=O) groups excluding carboxylic acids is 2. The van der Waals surface area contributed by atoms with Crippen LogP contribution in [0.2, 0.25) is 5.02 Å². The van der Waals surface area contributed by atoms with Crippen LogP contribution in [0.25, 0.3) is 0 Å². The van der Waals surface area contributed by atoms with Gasteiger partial charge in [-0.2, -0.15) is 0 Å². The Labute approximate surface area is 221 Å². The molecule has 0 aliphatic rings. The summed E-state index contributed by atoms with van der Waals surface area (Å²) in [7, 11) is 2.99. The first-order valence-electron chi connectivity index (χ1n) is 10.7. The van der Waals surface area contributed by atoms with E-state index in [2.05, 4.69) is 27.4 Å². The second kappa shape index (κ2) is 12.7. The Morgan fingerprint density at radius 1 is 1.19 bits per heavy atom. The molecule has 14 heteroatoms. The molecule has 0 aliphatic heterocycles. The number of amides is 2. The van der Waals surface area contributed by atoms with Crippen LogP contribution in [0.1, 0.15) is 16.2 Å². The number of anilines is 1. The van der Waals surface area contributed by atoms with Crippen LogP contribution in [0.4, 0.5) is 11.4 Å². The van der Waals surface area contributed by atoms with Crippen LogP contribution in [0, 0.1) is 10.1 Å². The van der Waals surface area contributed by atoms with Crippen molar-refractivity contribution >= 4 is 46.6 Å². The fourth-order valence-corrected chi connectivity index (χ4v) is 4.08. The maximum Gasteiger partial charge on any atom is 0.271 e. The predicted molar refractivity (Wildman–Crippen MR) is 138 cm³/mol. The molecular formula is C23H23ClN6O6S. The SMILES string of the molecule is C=CCn1c(CNC(=O)c2ccc(OC)c(OC)c2)nnc1SCC(=O)Nc1cc([N+](=O)[O-])ccc1Cl. The number of hydrogen-bond donors (Lipinski definition) is 2. The Morgan fingerprint density at radius 3 is 2.62 bits per heavy atom. The molecule has 2 N–H and O–H groups in total. The van der Waals surface area contributed by atoms with Gasteiger partial charge in [0.1, 0.15) is 0 Å². The number of aromatic nitrogens is 3. The van der Waals surface area contributed by atoms with E-state index in [1.54, 1.807) is 28.8 Å². The number of nitrogens with one attached hydrogen (secondary N) is 2. The average Bonchev–Trinajstić information content (AvgIpc) is 3.28. The number of nitrogens with zero attached hydrogens (tertiary/aromatic N) is 4. The molecule has 0 aliphatic carbocycles. The topological polar surface area (TPSA) is 151 Å². The Balaban J connectivity index is 1.64. The summed E-state index contributed by atoms with van der Waals surface area (Å²) in [5, 5.41) is 25.2. The van der Waals surface area contributed by atoms with Crippen LogP contribution < -0.4 is 20.1 Å². The summed E-state index contributed by atoms with van der Waals surface area (Å²) in [6.07, 6.45) is 1.63. The van der Waals surface area contributed by atoms with E-state index in [4.69, 9.17) is 21.1 Å². The van der Waals surface area contributed by atoms with Gasteiger partial charge in [0.2, 0.25) is 5.91 Å². The van der Waals surface area contributed by atoms with E-state index >= 15 is 0 Å². The minimum absolute atomic E-state index is 0.0632. The van der Waals surface area contributed by atoms with Gasteiger partial charge >= 0.3 is 0 Å². The van der Waals surface area contributed by atoms with Gasteiger partial charge in [-0.05, 0) is 24.3 Å². The summed E-state index contributed by atoms with van der Waals surface area (Å²) in [5.74, 6) is 0.530. The van der Waals surface area contributed by atoms with Crippen molar-refractivity contribution in [3.8, 4) is 11.5 Å². The standard InChI is InChI=1S/C23H23ClN6O6S/c1-4-9-29-20(12-25-22(32)14-5-8-18(35-2)19(10-14)36-3)27-28-23(29)37-13-21(31)26-17-11-15(30(33)34)6-7-16(17)24/h4-8,10-11H,1,9,12-13H2,2-3H3,(H,25,32)(H,26,31). The van der Waals surface area contributed by atoms with Gasteiger partial charge in [-0.25, -0.2) is 0 Å². The van der Waals surface area contributed by atoms with Crippen molar-refractivity contribution in [1.29, 1.82) is 0 Å². The molecular weight excluding hydrogens is 524 g/mol. The molecule has 0 bridgehead atoms. The zero-order valence-electron chi connectivity index (χ0n) is 19.9. The number of rotatable bonds is 12. The molecule has 0 atom stereocenters. The van der Waals surface area contributed by atoms with Crippen LogP contribution in [0.15, 0.2) is 54.2 Å². The van der Waals surface area contributed by atoms with Crippen molar-refractivity contribution in [2.75, 3.05) is 25.3 Å². The summed E-state index contributed by atoms with van der Waals surface area (Å²) in [4.78, 5) is 35.5. The van der Waals surface area contributed by atoms with E-state index in [1.165, 1.54) is 32.4 Å². The third-order valence-corrected chi connectivity index (χ3v) is 6.22. The van der Waals surface area contributed by atoms with E-state index < -0.39 is 10.8 Å². The van der Waals surface area contributed by atoms with E-state index in [0.717, 1.165) is 11.8 Å². The molecule has 37 heavy (non-hydrogen) atoms. The Morgan fingerprint density at radius 2 is 1.95 bits per heavy atom. The molecule has 0 saturated carbocycles. The lowest BCUT2D eigenvalue weighted by atomic mass is 10.2. The van der Waals surface area contributed by atoms with Crippen LogP contribution >= 0.6 is 23.4 Å². The van der Waals surface area contributed by atoms with Crippen LogP contribution in [0.5, 0.6) is 11.5 Å². The number of allylic oxidation sites excluding steroid dienone is 1. The smallest absolute Gasteiger partial charge is 0.271 e. The average molecular weight is 547 g/mol. The number of methoxy groups -OCH3 is 2. The van der Waals surface area contributed by atoms with Gasteiger partial charge in [-0.15, -0.1) is 16.8 Å². The van der Waals surface area contributed by atoms with E-state index in [0.29, 0.717) is 34.6 Å². The highest BCUT2D eigenvalue weighted by Gasteiger charge is 2.17. The molecule has 2 amide bonds. The van der Waals surface area contributed by atoms with Gasteiger partial charge in [0.05, 0.1) is 42.2 Å². The molecule has 0 spiro atoms. The molecule has 0 unspecified atom stereocenters. The highest BCUT2D eigenvalue weighted by molar-refractivity contribution is 7.99. The van der Waals surface area contributed by atoms with Crippen LogP contribution in [-0.4, -0.2) is 51.5 Å². The fraction of sp³-hybridized carbons (Fsp3) is 0.217. The second-order valence-electron chi connectivity index (χ2n) is 7.31. The Hall–Kier alpha value is -4.10. The Bertz CT molecular complexity index is 1330. The summed E-state index contributed by atoms with van der Waals surface area (Å²) in [6.45, 7) is 4.15. The number of non-ortho nitro benzene ring substituents is 1. The summed E-state index contributed by atoms with van der Waals surface area (Å²) >= 11 is 7.14. The zero-order chi connectivity index (χ0) is 26.9. The summed E-state index contributed by atoms with van der Waals surface area (Å²) in [6, 6.07) is 8.58. The van der Waals surface area contributed by atoms with Gasteiger partial charge in [0.15, 0.2) is 22.5 Å². The van der Waals surface area contributed by atoms with Crippen molar-refractivity contribution in [3.05, 3.63) is 75.6 Å². The first-order valence-corrected chi connectivity index (χ1v) is 12.0. The second-order valence-corrected chi connectivity index (χ2v) is 8.66. The molecule has 2 aromatic carbocycles. The van der Waals surface area contributed by atoms with E-state index in [-0.39, 0.29) is 34.6 Å². The van der Waals surface area contributed by atoms with E-state index in [1.807, 2.05) is 0 Å². The van der Waals surface area contributed by atoms with Crippen molar-refractivity contribution < 1.29 is 24.0 Å². The van der Waals surface area contributed by atoms with Gasteiger partial charge in [-0.3, -0.25) is 19.7 Å². The number of hydrogen-bond acceptors (Lipinski definition) is 9. The van der Waals surface area contributed by atoms with Gasteiger partial charge < -0.3 is 24.7 Å². The lowest BCUT2D eigenvalue weighted by molar-refractivity contribution is -0.384. The zero-order valence-corrected chi connectivity index (χ0v) is 21.5. The van der Waals surface area contributed by atoms with Crippen molar-refractivity contribution in [2.24, 2.45) is 0 Å². The van der Waals surface area contributed by atoms with Gasteiger partial charge in [0.25, 0.3) is 11.6 Å². The number of thioether (sulfide) groups is 1. The first kappa shape index (κ1) is 27.5. The Kier molecular flexibility index (Phi) is 9.46. The first-order chi connectivity index (χ1) is 17.8. The minimum Gasteiger partial charge on any atom is -0.493 e. The van der Waals surface area contributed by atoms with Gasteiger partial charge in [-0.1, -0.05) is 29.4 Å². The maximum absolute atomic E-state index is 12.6. The molecule has 0 fully saturated rings. The third kappa shape index (κ3) is 6.98. The van der Waals surface area contributed by atoms with Crippen LogP contribution in [-0.2, 0) is 17.9 Å². The molecule has 1 aromatic heterocycles. The monoisotopic (exact) mass is 546 g/mol. The molecule has 12 nitrogen and oxygen atoms in total. The molecule has 194 valence electrons. The summed E-state index contributed by atoms with van der Waals surface area (Å²) in [5.41, 5.74) is 0.309. The number of halogens is 1. The van der Waals surface area contributed by atoms with Crippen molar-refractivity contribution in [3.63, 3.8) is 0 Å². The lowest BCUT2D eigenvalue weighted by Gasteiger charge is -2.11. The fourth-order valence-electron chi connectivity index (χ4n) is 3.15. The number of benzene rings is 2. The maximum atomic E-state index is 12.6. The third-order valence-electron chi connectivity index (χ3n) is 4.93. The lowest BCUT2D eigenvalue weighted by Crippen LogP contribution is -2.25. The molecule has 3 rings (SSSR count). The largest absolute Gasteiger partial charge is 0.493 e. The highest BCUT2D eigenvalue weighted by Crippen LogP contribution is 2.28. The predicted octanol–water partition coefficient (Wildman–Crippen LogP) is 3.70. The summed E-state index contributed by atoms with van der Waals surface area (Å²) < 4.78 is 12.1. The van der Waals surface area contributed by atoms with Gasteiger partial charge in [0, 0.05) is 24.2 Å². The molecule has 1 heterocycles.